The summed E-state index contributed by atoms with van der Waals surface area (Å²) in [5, 5.41) is 6.89. The molecule has 2 aromatic rings. The van der Waals surface area contributed by atoms with Crippen LogP contribution in [0.15, 0.2) is 36.4 Å². The van der Waals surface area contributed by atoms with Crippen LogP contribution in [0.5, 0.6) is 0 Å². The summed E-state index contributed by atoms with van der Waals surface area (Å²) in [5.74, 6) is -0.447. The van der Waals surface area contributed by atoms with Gasteiger partial charge in [-0.1, -0.05) is 36.7 Å². The first kappa shape index (κ1) is 17.7. The Hall–Kier alpha value is -1.65. The maximum Gasteiger partial charge on any atom is 0.171 e. The van der Waals surface area contributed by atoms with Crippen molar-refractivity contribution in [1.82, 2.24) is 5.32 Å². The summed E-state index contributed by atoms with van der Waals surface area (Å²) < 4.78 is 13.2. The summed E-state index contributed by atoms with van der Waals surface area (Å²) in [6.07, 6.45) is 0.897. The third kappa shape index (κ3) is 4.66. The van der Waals surface area contributed by atoms with Gasteiger partial charge in [-0.2, -0.15) is 0 Å². The lowest BCUT2D eigenvalue weighted by atomic mass is 9.99. The van der Waals surface area contributed by atoms with Gasteiger partial charge < -0.3 is 10.6 Å². The number of anilines is 1. The Labute approximate surface area is 147 Å². The van der Waals surface area contributed by atoms with Crippen LogP contribution in [0.4, 0.5) is 10.1 Å². The van der Waals surface area contributed by atoms with Gasteiger partial charge in [0.1, 0.15) is 5.82 Å². The summed E-state index contributed by atoms with van der Waals surface area (Å²) in [7, 11) is 0. The van der Waals surface area contributed by atoms with Crippen molar-refractivity contribution in [3.8, 4) is 0 Å². The SMILES string of the molecule is CC[C@H](NC(=S)Nc1ccc(F)c(Cl)c1)c1ccc(C)c(C)c1. The summed E-state index contributed by atoms with van der Waals surface area (Å²) in [4.78, 5) is 0. The molecule has 0 aliphatic rings. The largest absolute Gasteiger partial charge is 0.356 e. The van der Waals surface area contributed by atoms with Crippen molar-refractivity contribution in [3.63, 3.8) is 0 Å². The van der Waals surface area contributed by atoms with Crippen molar-refractivity contribution in [2.45, 2.75) is 33.2 Å². The first-order valence-corrected chi connectivity index (χ1v) is 8.29. The van der Waals surface area contributed by atoms with E-state index in [4.69, 9.17) is 23.8 Å². The van der Waals surface area contributed by atoms with Gasteiger partial charge in [0.25, 0.3) is 0 Å². The van der Waals surface area contributed by atoms with Gasteiger partial charge in [0.15, 0.2) is 5.11 Å². The molecule has 0 aliphatic heterocycles. The fourth-order valence-corrected chi connectivity index (χ4v) is 2.74. The van der Waals surface area contributed by atoms with E-state index in [1.165, 1.54) is 28.8 Å². The monoisotopic (exact) mass is 350 g/mol. The second-order valence-electron chi connectivity index (χ2n) is 5.53. The fraction of sp³-hybridized carbons (Fsp3) is 0.278. The van der Waals surface area contributed by atoms with Crippen LogP contribution in [0.25, 0.3) is 0 Å². The molecule has 0 amide bonds. The third-order valence-corrected chi connectivity index (χ3v) is 4.33. The first-order chi connectivity index (χ1) is 10.9. The number of hydrogen-bond donors (Lipinski definition) is 2. The molecule has 0 fully saturated rings. The molecule has 122 valence electrons. The Morgan fingerprint density at radius 3 is 2.52 bits per heavy atom. The van der Waals surface area contributed by atoms with Gasteiger partial charge in [-0.25, -0.2) is 4.39 Å². The van der Waals surface area contributed by atoms with Crippen LogP contribution in [0.3, 0.4) is 0 Å². The van der Waals surface area contributed by atoms with Gasteiger partial charge in [-0.3, -0.25) is 0 Å². The molecule has 2 nitrogen and oxygen atoms in total. The van der Waals surface area contributed by atoms with E-state index in [-0.39, 0.29) is 11.1 Å². The molecule has 0 unspecified atom stereocenters. The minimum absolute atomic E-state index is 0.0685. The zero-order valence-electron chi connectivity index (χ0n) is 13.4. The van der Waals surface area contributed by atoms with Gasteiger partial charge in [0, 0.05) is 5.69 Å². The second kappa shape index (κ2) is 7.75. The minimum atomic E-state index is -0.447. The molecule has 0 aliphatic carbocycles. The van der Waals surface area contributed by atoms with Gasteiger partial charge in [-0.05, 0) is 67.4 Å². The molecule has 0 radical (unpaired) electrons. The summed E-state index contributed by atoms with van der Waals surface area (Å²) >= 11 is 11.1. The normalized spacial score (nSPS) is 11.9. The average molecular weight is 351 g/mol. The standard InChI is InChI=1S/C18H20ClFN2S/c1-4-17(13-6-5-11(2)12(3)9-13)22-18(23)21-14-7-8-16(20)15(19)10-14/h5-10,17H,4H2,1-3H3,(H2,21,22,23)/t17-/m0/s1. The van der Waals surface area contributed by atoms with Gasteiger partial charge >= 0.3 is 0 Å². The highest BCUT2D eigenvalue weighted by Gasteiger charge is 2.12. The molecule has 0 saturated heterocycles. The van der Waals surface area contributed by atoms with E-state index in [0.29, 0.717) is 10.8 Å². The average Bonchev–Trinajstić information content (AvgIpc) is 2.51. The van der Waals surface area contributed by atoms with Crippen molar-refractivity contribution < 1.29 is 4.39 Å². The van der Waals surface area contributed by atoms with Gasteiger partial charge in [0.2, 0.25) is 0 Å². The summed E-state index contributed by atoms with van der Waals surface area (Å²) in [6, 6.07) is 11.0. The molecular weight excluding hydrogens is 331 g/mol. The van der Waals surface area contributed by atoms with E-state index in [1.807, 2.05) is 0 Å². The highest BCUT2D eigenvalue weighted by Crippen LogP contribution is 2.21. The van der Waals surface area contributed by atoms with Crippen LogP contribution >= 0.6 is 23.8 Å². The van der Waals surface area contributed by atoms with Crippen molar-refractivity contribution in [1.29, 1.82) is 0 Å². The number of nitrogens with one attached hydrogen (secondary N) is 2. The lowest BCUT2D eigenvalue weighted by molar-refractivity contribution is 0.627. The Kier molecular flexibility index (Phi) is 5.97. The number of hydrogen-bond acceptors (Lipinski definition) is 1. The van der Waals surface area contributed by atoms with E-state index in [1.54, 1.807) is 6.07 Å². The maximum atomic E-state index is 13.2. The molecule has 23 heavy (non-hydrogen) atoms. The Balaban J connectivity index is 2.07. The molecule has 1 atom stereocenters. The fourth-order valence-electron chi connectivity index (χ4n) is 2.30. The first-order valence-electron chi connectivity index (χ1n) is 7.50. The van der Waals surface area contributed by atoms with Crippen LogP contribution in [0.2, 0.25) is 5.02 Å². The molecular formula is C18H20ClFN2S. The van der Waals surface area contributed by atoms with Gasteiger partial charge in [0.05, 0.1) is 11.1 Å². The summed E-state index contributed by atoms with van der Waals surface area (Å²) in [6.45, 7) is 6.30. The topological polar surface area (TPSA) is 24.1 Å². The molecule has 0 saturated carbocycles. The van der Waals surface area contributed by atoms with Crippen molar-refractivity contribution in [3.05, 3.63) is 63.9 Å². The van der Waals surface area contributed by atoms with Crippen LogP contribution in [-0.2, 0) is 0 Å². The van der Waals surface area contributed by atoms with Crippen LogP contribution < -0.4 is 10.6 Å². The lowest BCUT2D eigenvalue weighted by Crippen LogP contribution is -2.32. The zero-order valence-corrected chi connectivity index (χ0v) is 15.0. The molecule has 2 N–H and O–H groups in total. The molecule has 2 aromatic carbocycles. The van der Waals surface area contributed by atoms with Crippen LogP contribution in [-0.4, -0.2) is 5.11 Å². The molecule has 0 spiro atoms. The Morgan fingerprint density at radius 2 is 1.91 bits per heavy atom. The van der Waals surface area contributed by atoms with Crippen molar-refractivity contribution in [2.24, 2.45) is 0 Å². The smallest absolute Gasteiger partial charge is 0.171 e. The highest BCUT2D eigenvalue weighted by atomic mass is 35.5. The minimum Gasteiger partial charge on any atom is -0.356 e. The van der Waals surface area contributed by atoms with E-state index in [2.05, 4.69) is 49.6 Å². The van der Waals surface area contributed by atoms with E-state index in [0.717, 1.165) is 6.42 Å². The predicted molar refractivity (Wildman–Crippen MR) is 99.7 cm³/mol. The molecule has 2 rings (SSSR count). The molecule has 0 aromatic heterocycles. The third-order valence-electron chi connectivity index (χ3n) is 3.82. The molecule has 0 heterocycles. The number of rotatable bonds is 4. The molecule has 0 bridgehead atoms. The summed E-state index contributed by atoms with van der Waals surface area (Å²) in [5.41, 5.74) is 4.37. The van der Waals surface area contributed by atoms with Crippen LogP contribution in [0, 0.1) is 19.7 Å². The number of benzene rings is 2. The van der Waals surface area contributed by atoms with E-state index >= 15 is 0 Å². The van der Waals surface area contributed by atoms with Crippen LogP contribution in [0.1, 0.15) is 36.1 Å². The quantitative estimate of drug-likeness (QED) is 0.708. The maximum absolute atomic E-state index is 13.2. The van der Waals surface area contributed by atoms with E-state index in [9.17, 15) is 4.39 Å². The molecule has 5 heteroatoms. The predicted octanol–water partition coefficient (Wildman–Crippen LogP) is 5.53. The van der Waals surface area contributed by atoms with E-state index < -0.39 is 5.82 Å². The number of aryl methyl sites for hydroxylation is 2. The Bertz CT molecular complexity index is 718. The second-order valence-corrected chi connectivity index (χ2v) is 6.35. The Morgan fingerprint density at radius 1 is 1.17 bits per heavy atom. The van der Waals surface area contributed by atoms with Crippen molar-refractivity contribution >= 4 is 34.6 Å². The van der Waals surface area contributed by atoms with Gasteiger partial charge in [-0.15, -0.1) is 0 Å². The number of halogens is 2. The highest BCUT2D eigenvalue weighted by molar-refractivity contribution is 7.80. The van der Waals surface area contributed by atoms with Crippen molar-refractivity contribution in [2.75, 3.05) is 5.32 Å². The zero-order chi connectivity index (χ0) is 17.0. The lowest BCUT2D eigenvalue weighted by Gasteiger charge is -2.21. The number of thiocarbonyl (C=S) groups is 1.